The standard InChI is InChI=1S/C14H15N3O3/c1-2-8-16(9-10-18)12-6-7-15-14-11(12)4-3-5-13(14)17(19)20/h2-7,18H,1,8-10H2. The molecule has 104 valence electrons. The number of pyridine rings is 1. The van der Waals surface area contributed by atoms with Crippen LogP contribution >= 0.6 is 0 Å². The number of aliphatic hydroxyl groups excluding tert-OH is 1. The summed E-state index contributed by atoms with van der Waals surface area (Å²) in [7, 11) is 0. The van der Waals surface area contributed by atoms with Crippen molar-refractivity contribution in [2.75, 3.05) is 24.6 Å². The number of anilines is 1. The fourth-order valence-electron chi connectivity index (χ4n) is 2.16. The van der Waals surface area contributed by atoms with Gasteiger partial charge in [-0.05, 0) is 6.07 Å². The highest BCUT2D eigenvalue weighted by Gasteiger charge is 2.16. The Morgan fingerprint density at radius 1 is 1.45 bits per heavy atom. The van der Waals surface area contributed by atoms with Crippen LogP contribution in [0.1, 0.15) is 0 Å². The van der Waals surface area contributed by atoms with Gasteiger partial charge in [-0.3, -0.25) is 10.1 Å². The van der Waals surface area contributed by atoms with Gasteiger partial charge < -0.3 is 10.0 Å². The van der Waals surface area contributed by atoms with Gasteiger partial charge in [0.1, 0.15) is 5.52 Å². The SMILES string of the molecule is C=CCN(CCO)c1ccnc2c([N+](=O)[O-])cccc12. The highest BCUT2D eigenvalue weighted by Crippen LogP contribution is 2.30. The van der Waals surface area contributed by atoms with Crippen molar-refractivity contribution in [3.8, 4) is 0 Å². The molecule has 0 aliphatic carbocycles. The van der Waals surface area contributed by atoms with Gasteiger partial charge in [-0.1, -0.05) is 18.2 Å². The smallest absolute Gasteiger partial charge is 0.295 e. The van der Waals surface area contributed by atoms with E-state index in [9.17, 15) is 10.1 Å². The highest BCUT2D eigenvalue weighted by atomic mass is 16.6. The molecule has 0 aliphatic heterocycles. The van der Waals surface area contributed by atoms with Crippen LogP contribution in [0.2, 0.25) is 0 Å². The van der Waals surface area contributed by atoms with Crippen LogP contribution in [-0.2, 0) is 0 Å². The van der Waals surface area contributed by atoms with Crippen molar-refractivity contribution in [3.05, 3.63) is 53.2 Å². The minimum Gasteiger partial charge on any atom is -0.395 e. The van der Waals surface area contributed by atoms with Crippen LogP contribution in [0.25, 0.3) is 10.9 Å². The molecule has 6 nitrogen and oxygen atoms in total. The second-order valence-corrected chi connectivity index (χ2v) is 4.22. The van der Waals surface area contributed by atoms with Gasteiger partial charge in [-0.2, -0.15) is 0 Å². The molecule has 0 bridgehead atoms. The third kappa shape index (κ3) is 2.60. The summed E-state index contributed by atoms with van der Waals surface area (Å²) < 4.78 is 0. The maximum atomic E-state index is 11.0. The van der Waals surface area contributed by atoms with Crippen LogP contribution in [0.5, 0.6) is 0 Å². The number of benzene rings is 1. The molecule has 0 amide bonds. The minimum absolute atomic E-state index is 0.00736. The molecule has 0 atom stereocenters. The Bertz CT molecular complexity index is 643. The molecule has 0 aliphatic rings. The summed E-state index contributed by atoms with van der Waals surface area (Å²) in [4.78, 5) is 16.6. The molecule has 0 saturated carbocycles. The number of hydrogen-bond donors (Lipinski definition) is 1. The van der Waals surface area contributed by atoms with Crippen molar-refractivity contribution in [3.63, 3.8) is 0 Å². The second kappa shape index (κ2) is 6.12. The monoisotopic (exact) mass is 273 g/mol. The molecule has 1 aromatic carbocycles. The number of fused-ring (bicyclic) bond motifs is 1. The molecular weight excluding hydrogens is 258 g/mol. The van der Waals surface area contributed by atoms with Crippen LogP contribution in [0.4, 0.5) is 11.4 Å². The minimum atomic E-state index is -0.441. The van der Waals surface area contributed by atoms with Gasteiger partial charge in [0.15, 0.2) is 0 Å². The lowest BCUT2D eigenvalue weighted by atomic mass is 10.1. The fourth-order valence-corrected chi connectivity index (χ4v) is 2.16. The second-order valence-electron chi connectivity index (χ2n) is 4.22. The number of hydrogen-bond acceptors (Lipinski definition) is 5. The average molecular weight is 273 g/mol. The molecule has 0 spiro atoms. The topological polar surface area (TPSA) is 79.5 Å². The van der Waals surface area contributed by atoms with E-state index < -0.39 is 4.92 Å². The van der Waals surface area contributed by atoms with Crippen LogP contribution in [0.3, 0.4) is 0 Å². The van der Waals surface area contributed by atoms with Crippen molar-refractivity contribution in [1.82, 2.24) is 4.98 Å². The first kappa shape index (κ1) is 14.0. The molecule has 6 heteroatoms. The van der Waals surface area contributed by atoms with E-state index in [1.165, 1.54) is 12.3 Å². The zero-order valence-electron chi connectivity index (χ0n) is 10.9. The van der Waals surface area contributed by atoms with Gasteiger partial charge in [0.05, 0.1) is 11.5 Å². The van der Waals surface area contributed by atoms with E-state index in [1.807, 2.05) is 4.90 Å². The molecular formula is C14H15N3O3. The van der Waals surface area contributed by atoms with Crippen molar-refractivity contribution in [2.24, 2.45) is 0 Å². The summed E-state index contributed by atoms with van der Waals surface area (Å²) in [6, 6.07) is 6.64. The first-order valence-corrected chi connectivity index (χ1v) is 6.18. The number of para-hydroxylation sites is 1. The molecule has 0 fully saturated rings. The van der Waals surface area contributed by atoms with Gasteiger partial charge in [-0.25, -0.2) is 4.98 Å². The zero-order valence-corrected chi connectivity index (χ0v) is 10.9. The molecule has 1 aromatic heterocycles. The van der Waals surface area contributed by atoms with Gasteiger partial charge >= 0.3 is 0 Å². The average Bonchev–Trinajstić information content (AvgIpc) is 2.45. The summed E-state index contributed by atoms with van der Waals surface area (Å²) in [5.41, 5.74) is 1.13. The van der Waals surface area contributed by atoms with E-state index in [-0.39, 0.29) is 12.3 Å². The Kier molecular flexibility index (Phi) is 4.27. The lowest BCUT2D eigenvalue weighted by molar-refractivity contribution is -0.383. The fraction of sp³-hybridized carbons (Fsp3) is 0.214. The van der Waals surface area contributed by atoms with E-state index in [4.69, 9.17) is 5.11 Å². The maximum absolute atomic E-state index is 11.0. The number of nitro groups is 1. The predicted octanol–water partition coefficient (Wildman–Crippen LogP) is 2.13. The zero-order chi connectivity index (χ0) is 14.5. The summed E-state index contributed by atoms with van der Waals surface area (Å²) in [6.45, 7) is 4.65. The number of nitro benzene ring substituents is 1. The molecule has 0 unspecified atom stereocenters. The molecule has 2 aromatic rings. The Morgan fingerprint density at radius 3 is 2.90 bits per heavy atom. The third-order valence-corrected chi connectivity index (χ3v) is 2.98. The number of aromatic nitrogens is 1. The van der Waals surface area contributed by atoms with Gasteiger partial charge in [0.25, 0.3) is 5.69 Å². The molecule has 0 radical (unpaired) electrons. The molecule has 1 heterocycles. The van der Waals surface area contributed by atoms with Crippen LogP contribution in [0, 0.1) is 10.1 Å². The van der Waals surface area contributed by atoms with E-state index in [0.29, 0.717) is 24.0 Å². The predicted molar refractivity (Wildman–Crippen MR) is 77.9 cm³/mol. The molecule has 20 heavy (non-hydrogen) atoms. The van der Waals surface area contributed by atoms with E-state index >= 15 is 0 Å². The third-order valence-electron chi connectivity index (χ3n) is 2.98. The van der Waals surface area contributed by atoms with E-state index in [1.54, 1.807) is 24.3 Å². The highest BCUT2D eigenvalue weighted by molar-refractivity contribution is 5.96. The molecule has 1 N–H and O–H groups in total. The molecule has 2 rings (SSSR count). The Balaban J connectivity index is 2.62. The normalized spacial score (nSPS) is 10.4. The first-order chi connectivity index (χ1) is 9.69. The summed E-state index contributed by atoms with van der Waals surface area (Å²) in [5.74, 6) is 0. The van der Waals surface area contributed by atoms with Crippen LogP contribution < -0.4 is 4.90 Å². The van der Waals surface area contributed by atoms with E-state index in [0.717, 1.165) is 5.69 Å². The first-order valence-electron chi connectivity index (χ1n) is 6.18. The van der Waals surface area contributed by atoms with E-state index in [2.05, 4.69) is 11.6 Å². The largest absolute Gasteiger partial charge is 0.395 e. The summed E-state index contributed by atoms with van der Waals surface area (Å²) in [5, 5.41) is 20.9. The van der Waals surface area contributed by atoms with Crippen molar-refractivity contribution >= 4 is 22.3 Å². The van der Waals surface area contributed by atoms with Gasteiger partial charge in [-0.15, -0.1) is 6.58 Å². The lowest BCUT2D eigenvalue weighted by Crippen LogP contribution is -2.26. The van der Waals surface area contributed by atoms with Crippen molar-refractivity contribution in [1.29, 1.82) is 0 Å². The molecule has 0 saturated heterocycles. The van der Waals surface area contributed by atoms with Crippen molar-refractivity contribution in [2.45, 2.75) is 0 Å². The Hall–Kier alpha value is -2.47. The van der Waals surface area contributed by atoms with Gasteiger partial charge in [0.2, 0.25) is 0 Å². The summed E-state index contributed by atoms with van der Waals surface area (Å²) in [6.07, 6.45) is 3.26. The number of non-ortho nitro benzene ring substituents is 1. The lowest BCUT2D eigenvalue weighted by Gasteiger charge is -2.23. The van der Waals surface area contributed by atoms with Crippen molar-refractivity contribution < 1.29 is 10.0 Å². The van der Waals surface area contributed by atoms with Gasteiger partial charge in [0, 0.05) is 36.4 Å². The Labute approximate surface area is 116 Å². The summed E-state index contributed by atoms with van der Waals surface area (Å²) >= 11 is 0. The Morgan fingerprint density at radius 2 is 2.25 bits per heavy atom. The maximum Gasteiger partial charge on any atom is 0.295 e. The van der Waals surface area contributed by atoms with Crippen LogP contribution in [0.15, 0.2) is 43.1 Å². The number of nitrogens with zero attached hydrogens (tertiary/aromatic N) is 3. The number of aliphatic hydroxyl groups is 1. The number of rotatable bonds is 6. The quantitative estimate of drug-likeness (QED) is 0.495. The van der Waals surface area contributed by atoms with Crippen LogP contribution in [-0.4, -0.2) is 34.7 Å².